The molecule has 0 spiro atoms. The van der Waals surface area contributed by atoms with Gasteiger partial charge in [-0.25, -0.2) is 0 Å². The Morgan fingerprint density at radius 1 is 1.44 bits per heavy atom. The molecule has 1 aromatic rings. The van der Waals surface area contributed by atoms with Crippen LogP contribution in [0.4, 0.5) is 8.78 Å². The summed E-state index contributed by atoms with van der Waals surface area (Å²) < 4.78 is 34.4. The molecule has 0 heterocycles. The fourth-order valence-corrected chi connectivity index (χ4v) is 2.12. The molecular weight excluding hydrogens is 357 g/mol. The predicted octanol–water partition coefficient (Wildman–Crippen LogP) is 3.39. The number of alkyl halides is 2. The number of benzene rings is 1. The molecule has 1 rings (SSSR count). The maximum absolute atomic E-state index is 12.3. The van der Waals surface area contributed by atoms with Crippen LogP contribution >= 0.6 is 22.6 Å². The molecule has 1 aromatic carbocycles. The summed E-state index contributed by atoms with van der Waals surface area (Å²) in [7, 11) is 0. The molecule has 0 aliphatic rings. The Morgan fingerprint density at radius 3 is 2.78 bits per heavy atom. The molecule has 0 bridgehead atoms. The normalized spacial score (nSPS) is 10.5. The summed E-state index contributed by atoms with van der Waals surface area (Å²) in [6, 6.07) is 5.08. The van der Waals surface area contributed by atoms with E-state index in [0.29, 0.717) is 22.2 Å². The molecule has 18 heavy (non-hydrogen) atoms. The fraction of sp³-hybridized carbons (Fsp3) is 0.417. The number of carbonyl (C=O) groups is 1. The molecule has 0 N–H and O–H groups in total. The van der Waals surface area contributed by atoms with Crippen molar-refractivity contribution in [3.63, 3.8) is 0 Å². The maximum atomic E-state index is 12.3. The Morgan fingerprint density at radius 2 is 2.17 bits per heavy atom. The minimum absolute atomic E-state index is 0.136. The molecule has 0 saturated carbocycles. The zero-order valence-electron chi connectivity index (χ0n) is 9.79. The van der Waals surface area contributed by atoms with Gasteiger partial charge in [0.25, 0.3) is 0 Å². The lowest BCUT2D eigenvalue weighted by Gasteiger charge is -2.12. The molecule has 0 aliphatic heterocycles. The molecule has 0 aromatic heterocycles. The first-order valence-corrected chi connectivity index (χ1v) is 6.50. The van der Waals surface area contributed by atoms with E-state index in [0.717, 1.165) is 0 Å². The molecule has 3 nitrogen and oxygen atoms in total. The number of rotatable bonds is 6. The van der Waals surface area contributed by atoms with Crippen molar-refractivity contribution >= 4 is 28.6 Å². The van der Waals surface area contributed by atoms with E-state index in [1.54, 1.807) is 25.1 Å². The largest absolute Gasteiger partial charge is 0.466 e. The second-order valence-corrected chi connectivity index (χ2v) is 4.57. The summed E-state index contributed by atoms with van der Waals surface area (Å²) >= 11 is 1.92. The highest BCUT2D eigenvalue weighted by Crippen LogP contribution is 2.28. The number of halogens is 3. The quantitative estimate of drug-likeness (QED) is 0.569. The van der Waals surface area contributed by atoms with Gasteiger partial charge in [-0.1, -0.05) is 12.1 Å². The zero-order valence-corrected chi connectivity index (χ0v) is 11.9. The van der Waals surface area contributed by atoms with Crippen LogP contribution in [0, 0.1) is 3.57 Å². The lowest BCUT2D eigenvalue weighted by molar-refractivity contribution is -0.143. The van der Waals surface area contributed by atoms with E-state index in [1.165, 1.54) is 0 Å². The molecule has 0 unspecified atom stereocenters. The Hall–Kier alpha value is -0.920. The third kappa shape index (κ3) is 4.75. The molecule has 6 heteroatoms. The molecular formula is C12H13F2IO3. The number of para-hydroxylation sites is 1. The van der Waals surface area contributed by atoms with Gasteiger partial charge in [0.1, 0.15) is 5.75 Å². The van der Waals surface area contributed by atoms with Crippen LogP contribution in [-0.2, 0) is 16.0 Å². The van der Waals surface area contributed by atoms with E-state index in [-0.39, 0.29) is 18.1 Å². The van der Waals surface area contributed by atoms with E-state index in [4.69, 9.17) is 4.74 Å². The lowest BCUT2D eigenvalue weighted by atomic mass is 10.1. The first-order valence-electron chi connectivity index (χ1n) is 5.42. The summed E-state index contributed by atoms with van der Waals surface area (Å²) in [5, 5.41) is 0. The number of ether oxygens (including phenoxy) is 2. The highest BCUT2D eigenvalue weighted by molar-refractivity contribution is 14.1. The van der Waals surface area contributed by atoms with Gasteiger partial charge in [-0.15, -0.1) is 0 Å². The second kappa shape index (κ2) is 7.50. The van der Waals surface area contributed by atoms with Gasteiger partial charge >= 0.3 is 12.6 Å². The number of hydrogen-bond donors (Lipinski definition) is 0. The first kappa shape index (κ1) is 15.1. The van der Waals surface area contributed by atoms with Crippen molar-refractivity contribution in [2.24, 2.45) is 0 Å². The van der Waals surface area contributed by atoms with Gasteiger partial charge in [0.2, 0.25) is 0 Å². The van der Waals surface area contributed by atoms with Gasteiger partial charge in [-0.05, 0) is 47.6 Å². The average Bonchev–Trinajstić information content (AvgIpc) is 2.30. The van der Waals surface area contributed by atoms with Crippen molar-refractivity contribution in [2.75, 3.05) is 6.61 Å². The van der Waals surface area contributed by atoms with E-state index in [2.05, 4.69) is 4.74 Å². The van der Waals surface area contributed by atoms with Crippen molar-refractivity contribution in [1.82, 2.24) is 0 Å². The van der Waals surface area contributed by atoms with Gasteiger partial charge in [0.05, 0.1) is 10.2 Å². The highest BCUT2D eigenvalue weighted by Gasteiger charge is 2.14. The Balaban J connectivity index is 2.75. The van der Waals surface area contributed by atoms with Crippen LogP contribution in [0.1, 0.15) is 18.9 Å². The molecule has 0 aliphatic carbocycles. The molecule has 0 amide bonds. The number of hydrogen-bond acceptors (Lipinski definition) is 3. The van der Waals surface area contributed by atoms with Crippen LogP contribution in [0.2, 0.25) is 0 Å². The third-order valence-electron chi connectivity index (χ3n) is 2.16. The van der Waals surface area contributed by atoms with Crippen LogP contribution in [0.3, 0.4) is 0 Å². The predicted molar refractivity (Wildman–Crippen MR) is 70.7 cm³/mol. The van der Waals surface area contributed by atoms with Crippen LogP contribution in [0.15, 0.2) is 18.2 Å². The van der Waals surface area contributed by atoms with Crippen molar-refractivity contribution in [3.05, 3.63) is 27.3 Å². The van der Waals surface area contributed by atoms with Crippen LogP contribution in [0.25, 0.3) is 0 Å². The van der Waals surface area contributed by atoms with Crippen LogP contribution < -0.4 is 4.74 Å². The van der Waals surface area contributed by atoms with E-state index in [9.17, 15) is 13.6 Å². The number of carbonyl (C=O) groups excluding carboxylic acids is 1. The third-order valence-corrected chi connectivity index (χ3v) is 3.01. The Labute approximate surface area is 118 Å². The van der Waals surface area contributed by atoms with Crippen molar-refractivity contribution in [1.29, 1.82) is 0 Å². The second-order valence-electron chi connectivity index (χ2n) is 3.41. The smallest absolute Gasteiger partial charge is 0.387 e. The number of esters is 1. The van der Waals surface area contributed by atoms with Crippen LogP contribution in [0.5, 0.6) is 5.75 Å². The molecule has 0 atom stereocenters. The number of aryl methyl sites for hydroxylation is 1. The van der Waals surface area contributed by atoms with Crippen molar-refractivity contribution in [2.45, 2.75) is 26.4 Å². The molecule has 0 radical (unpaired) electrons. The standard InChI is InChI=1S/C12H13F2IO3/c1-2-17-10(16)7-6-8-4-3-5-9(15)11(8)18-12(13)14/h3-5,12H,2,6-7H2,1H3. The monoisotopic (exact) mass is 370 g/mol. The lowest BCUT2D eigenvalue weighted by Crippen LogP contribution is -2.09. The first-order chi connectivity index (χ1) is 8.54. The summed E-state index contributed by atoms with van der Waals surface area (Å²) in [5.41, 5.74) is 0.579. The molecule has 0 saturated heterocycles. The Kier molecular flexibility index (Phi) is 6.31. The summed E-state index contributed by atoms with van der Waals surface area (Å²) in [5.74, 6) is -0.211. The van der Waals surface area contributed by atoms with Gasteiger partial charge in [-0.2, -0.15) is 8.78 Å². The van der Waals surface area contributed by atoms with Gasteiger partial charge in [0.15, 0.2) is 0 Å². The Bertz CT molecular complexity index is 410. The summed E-state index contributed by atoms with van der Waals surface area (Å²) in [6.45, 7) is -0.845. The fourth-order valence-electron chi connectivity index (χ4n) is 1.44. The van der Waals surface area contributed by atoms with Gasteiger partial charge < -0.3 is 9.47 Å². The van der Waals surface area contributed by atoms with Crippen molar-refractivity contribution < 1.29 is 23.0 Å². The zero-order chi connectivity index (χ0) is 13.5. The minimum atomic E-state index is -2.87. The van der Waals surface area contributed by atoms with Crippen LogP contribution in [-0.4, -0.2) is 19.2 Å². The van der Waals surface area contributed by atoms with E-state index in [1.807, 2.05) is 22.6 Å². The summed E-state index contributed by atoms with van der Waals surface area (Å²) in [4.78, 5) is 11.2. The SMILES string of the molecule is CCOC(=O)CCc1cccc(I)c1OC(F)F. The van der Waals surface area contributed by atoms with E-state index < -0.39 is 6.61 Å². The minimum Gasteiger partial charge on any atom is -0.466 e. The highest BCUT2D eigenvalue weighted by atomic mass is 127. The summed E-state index contributed by atoms with van der Waals surface area (Å²) in [6.07, 6.45) is 0.464. The van der Waals surface area contributed by atoms with Gasteiger partial charge in [-0.3, -0.25) is 4.79 Å². The topological polar surface area (TPSA) is 35.5 Å². The van der Waals surface area contributed by atoms with Gasteiger partial charge in [0, 0.05) is 6.42 Å². The molecule has 100 valence electrons. The van der Waals surface area contributed by atoms with Crippen molar-refractivity contribution in [3.8, 4) is 5.75 Å². The molecule has 0 fully saturated rings. The average molecular weight is 370 g/mol. The van der Waals surface area contributed by atoms with E-state index >= 15 is 0 Å². The maximum Gasteiger partial charge on any atom is 0.387 e.